The molecule has 2 aromatic rings. The van der Waals surface area contributed by atoms with Crippen molar-refractivity contribution in [2.24, 2.45) is 0 Å². The van der Waals surface area contributed by atoms with Crippen molar-refractivity contribution in [2.75, 3.05) is 0 Å². The van der Waals surface area contributed by atoms with Crippen LogP contribution in [0, 0.1) is 0 Å². The summed E-state index contributed by atoms with van der Waals surface area (Å²) >= 11 is 0. The van der Waals surface area contributed by atoms with E-state index in [0.717, 1.165) is 23.8 Å². The molecule has 0 aliphatic heterocycles. The maximum Gasteiger partial charge on any atom is 0.150 e. The van der Waals surface area contributed by atoms with E-state index in [1.165, 1.54) is 44.0 Å². The Morgan fingerprint density at radius 2 is 1.84 bits per heavy atom. The summed E-state index contributed by atoms with van der Waals surface area (Å²) in [6.45, 7) is 3.30. The molecule has 2 rings (SSSR count). The Labute approximate surface area is 115 Å². The van der Waals surface area contributed by atoms with Gasteiger partial charge < -0.3 is 4.57 Å². The zero-order chi connectivity index (χ0) is 13.5. The second-order valence-electron chi connectivity index (χ2n) is 5.17. The average Bonchev–Trinajstić information content (AvgIpc) is 2.86. The molecule has 19 heavy (non-hydrogen) atoms. The van der Waals surface area contributed by atoms with Crippen molar-refractivity contribution in [3.63, 3.8) is 0 Å². The number of benzene rings is 1. The summed E-state index contributed by atoms with van der Waals surface area (Å²) in [6.07, 6.45) is 10.9. The average molecular weight is 257 g/mol. The lowest BCUT2D eigenvalue weighted by atomic mass is 10.1. The molecular formula is C17H23NO. The molecule has 0 aliphatic carbocycles. The summed E-state index contributed by atoms with van der Waals surface area (Å²) in [5.41, 5.74) is 1.97. The first-order valence-corrected chi connectivity index (χ1v) is 7.40. The molecule has 2 heteroatoms. The maximum absolute atomic E-state index is 11.0. The third-order valence-electron chi connectivity index (χ3n) is 3.73. The van der Waals surface area contributed by atoms with Crippen LogP contribution in [0.4, 0.5) is 0 Å². The number of aromatic nitrogens is 1. The Bertz CT molecular complexity index is 527. The first kappa shape index (κ1) is 13.9. The molecule has 0 fully saturated rings. The van der Waals surface area contributed by atoms with Crippen molar-refractivity contribution in [1.29, 1.82) is 0 Å². The van der Waals surface area contributed by atoms with E-state index >= 15 is 0 Å². The lowest BCUT2D eigenvalue weighted by molar-refractivity contribution is 0.112. The Balaban J connectivity index is 1.92. The first-order chi connectivity index (χ1) is 9.36. The standard InChI is InChI=1S/C17H23NO/c1-2-3-4-5-6-7-12-18-13-11-16-15(14-19)9-8-10-17(16)18/h8-11,13-14H,2-7,12H2,1H3. The molecule has 0 bridgehead atoms. The molecule has 1 aromatic heterocycles. The van der Waals surface area contributed by atoms with Crippen molar-refractivity contribution in [2.45, 2.75) is 52.0 Å². The number of carbonyl (C=O) groups excluding carboxylic acids is 1. The molecule has 2 nitrogen and oxygen atoms in total. The van der Waals surface area contributed by atoms with Gasteiger partial charge in [0.2, 0.25) is 0 Å². The molecule has 0 unspecified atom stereocenters. The quantitative estimate of drug-likeness (QED) is 0.491. The summed E-state index contributed by atoms with van der Waals surface area (Å²) < 4.78 is 2.27. The van der Waals surface area contributed by atoms with Crippen LogP contribution in [0.5, 0.6) is 0 Å². The van der Waals surface area contributed by atoms with Gasteiger partial charge in [-0.05, 0) is 18.6 Å². The van der Waals surface area contributed by atoms with Crippen molar-refractivity contribution >= 4 is 17.2 Å². The van der Waals surface area contributed by atoms with E-state index in [1.54, 1.807) is 0 Å². The van der Waals surface area contributed by atoms with Crippen LogP contribution >= 0.6 is 0 Å². The largest absolute Gasteiger partial charge is 0.347 e. The van der Waals surface area contributed by atoms with Gasteiger partial charge in [-0.25, -0.2) is 0 Å². The van der Waals surface area contributed by atoms with Crippen LogP contribution in [-0.2, 0) is 6.54 Å². The molecular weight excluding hydrogens is 234 g/mol. The number of aryl methyl sites for hydroxylation is 1. The SMILES string of the molecule is CCCCCCCCn1ccc2c(C=O)cccc21. The van der Waals surface area contributed by atoms with Crippen LogP contribution in [0.2, 0.25) is 0 Å². The van der Waals surface area contributed by atoms with Gasteiger partial charge in [-0.1, -0.05) is 51.2 Å². The zero-order valence-electron chi connectivity index (χ0n) is 11.8. The predicted octanol–water partition coefficient (Wildman–Crippen LogP) is 4.81. The summed E-state index contributed by atoms with van der Waals surface area (Å²) in [4.78, 5) is 11.0. The molecule has 1 heterocycles. The highest BCUT2D eigenvalue weighted by molar-refractivity contribution is 5.97. The second kappa shape index (κ2) is 7.13. The van der Waals surface area contributed by atoms with Gasteiger partial charge >= 0.3 is 0 Å². The molecule has 0 N–H and O–H groups in total. The van der Waals surface area contributed by atoms with E-state index in [9.17, 15) is 4.79 Å². The molecule has 0 atom stereocenters. The molecule has 102 valence electrons. The van der Waals surface area contributed by atoms with Crippen molar-refractivity contribution < 1.29 is 4.79 Å². The Kier molecular flexibility index (Phi) is 5.20. The lowest BCUT2D eigenvalue weighted by Gasteiger charge is -2.06. The van der Waals surface area contributed by atoms with Crippen LogP contribution in [0.15, 0.2) is 30.5 Å². The molecule has 0 amide bonds. The van der Waals surface area contributed by atoms with Gasteiger partial charge in [-0.15, -0.1) is 0 Å². The van der Waals surface area contributed by atoms with E-state index < -0.39 is 0 Å². The molecule has 0 saturated carbocycles. The summed E-state index contributed by atoms with van der Waals surface area (Å²) in [7, 11) is 0. The second-order valence-corrected chi connectivity index (χ2v) is 5.17. The fraction of sp³-hybridized carbons (Fsp3) is 0.471. The highest BCUT2D eigenvalue weighted by atomic mass is 16.1. The first-order valence-electron chi connectivity index (χ1n) is 7.40. The monoisotopic (exact) mass is 257 g/mol. The number of rotatable bonds is 8. The minimum absolute atomic E-state index is 0.791. The third-order valence-corrected chi connectivity index (χ3v) is 3.73. The number of fused-ring (bicyclic) bond motifs is 1. The number of hydrogen-bond donors (Lipinski definition) is 0. The number of carbonyl (C=O) groups is 1. The van der Waals surface area contributed by atoms with Gasteiger partial charge in [-0.3, -0.25) is 4.79 Å². The van der Waals surface area contributed by atoms with Gasteiger partial charge in [0.05, 0.1) is 0 Å². The minimum atomic E-state index is 0.791. The molecule has 1 aromatic carbocycles. The predicted molar refractivity (Wildman–Crippen MR) is 80.7 cm³/mol. The van der Waals surface area contributed by atoms with Gasteiger partial charge in [0.25, 0.3) is 0 Å². The van der Waals surface area contributed by atoms with E-state index in [2.05, 4.69) is 29.8 Å². The lowest BCUT2D eigenvalue weighted by Crippen LogP contribution is -1.96. The molecule has 0 radical (unpaired) electrons. The summed E-state index contributed by atoms with van der Waals surface area (Å²) in [5, 5.41) is 1.07. The minimum Gasteiger partial charge on any atom is -0.347 e. The van der Waals surface area contributed by atoms with E-state index in [0.29, 0.717) is 0 Å². The van der Waals surface area contributed by atoms with Crippen molar-refractivity contribution in [3.05, 3.63) is 36.0 Å². The molecule has 0 spiro atoms. The zero-order valence-corrected chi connectivity index (χ0v) is 11.8. The third kappa shape index (κ3) is 3.46. The fourth-order valence-corrected chi connectivity index (χ4v) is 2.61. The van der Waals surface area contributed by atoms with Crippen LogP contribution in [0.1, 0.15) is 55.8 Å². The molecule has 0 aliphatic rings. The molecule has 0 saturated heterocycles. The van der Waals surface area contributed by atoms with Crippen LogP contribution in [0.3, 0.4) is 0 Å². The number of unbranched alkanes of at least 4 members (excludes halogenated alkanes) is 5. The number of hydrogen-bond acceptors (Lipinski definition) is 1. The van der Waals surface area contributed by atoms with Gasteiger partial charge in [0, 0.05) is 29.2 Å². The Hall–Kier alpha value is -1.57. The fourth-order valence-electron chi connectivity index (χ4n) is 2.61. The van der Waals surface area contributed by atoms with E-state index in [1.807, 2.05) is 12.1 Å². The van der Waals surface area contributed by atoms with Crippen LogP contribution in [0.25, 0.3) is 10.9 Å². The number of nitrogens with zero attached hydrogens (tertiary/aromatic N) is 1. The van der Waals surface area contributed by atoms with Gasteiger partial charge in [0.15, 0.2) is 6.29 Å². The normalized spacial score (nSPS) is 11.0. The smallest absolute Gasteiger partial charge is 0.150 e. The van der Waals surface area contributed by atoms with Crippen LogP contribution < -0.4 is 0 Å². The topological polar surface area (TPSA) is 22.0 Å². The Morgan fingerprint density at radius 3 is 2.63 bits per heavy atom. The van der Waals surface area contributed by atoms with Crippen LogP contribution in [-0.4, -0.2) is 10.9 Å². The van der Waals surface area contributed by atoms with Gasteiger partial charge in [-0.2, -0.15) is 0 Å². The van der Waals surface area contributed by atoms with Crippen molar-refractivity contribution in [1.82, 2.24) is 4.57 Å². The summed E-state index contributed by atoms with van der Waals surface area (Å²) in [5.74, 6) is 0. The highest BCUT2D eigenvalue weighted by Gasteiger charge is 2.04. The van der Waals surface area contributed by atoms with Crippen molar-refractivity contribution in [3.8, 4) is 0 Å². The Morgan fingerprint density at radius 1 is 1.05 bits per heavy atom. The summed E-state index contributed by atoms with van der Waals surface area (Å²) in [6, 6.07) is 7.99. The maximum atomic E-state index is 11.0. The van der Waals surface area contributed by atoms with E-state index in [4.69, 9.17) is 0 Å². The van der Waals surface area contributed by atoms with Gasteiger partial charge in [0.1, 0.15) is 0 Å². The highest BCUT2D eigenvalue weighted by Crippen LogP contribution is 2.20. The number of aldehydes is 1. The van der Waals surface area contributed by atoms with E-state index in [-0.39, 0.29) is 0 Å².